The number of amides is 1. The van der Waals surface area contributed by atoms with Crippen LogP contribution in [0.5, 0.6) is 17.2 Å². The molecule has 3 N–H and O–H groups in total. The number of nitrogens with one attached hydrogen (secondary N) is 1. The molecule has 1 atom stereocenters. The van der Waals surface area contributed by atoms with Crippen LogP contribution in [0.25, 0.3) is 0 Å². The highest BCUT2D eigenvalue weighted by Crippen LogP contribution is 2.28. The summed E-state index contributed by atoms with van der Waals surface area (Å²) in [5.74, 6) is -0.452. The molecule has 0 aromatic heterocycles. The van der Waals surface area contributed by atoms with Gasteiger partial charge in [-0.25, -0.2) is 0 Å². The lowest BCUT2D eigenvalue weighted by Gasteiger charge is -2.15. The number of ether oxygens (including phenoxy) is 1. The van der Waals surface area contributed by atoms with Crippen LogP contribution in [0.4, 0.5) is 0 Å². The minimum absolute atomic E-state index is 0.0374. The maximum absolute atomic E-state index is 12.1. The van der Waals surface area contributed by atoms with Crippen molar-refractivity contribution >= 4 is 5.91 Å². The zero-order chi connectivity index (χ0) is 15.4. The van der Waals surface area contributed by atoms with Gasteiger partial charge < -0.3 is 20.3 Å². The van der Waals surface area contributed by atoms with Gasteiger partial charge in [-0.05, 0) is 36.8 Å². The normalized spacial score (nSPS) is 11.7. The summed E-state index contributed by atoms with van der Waals surface area (Å²) in [7, 11) is 1.59. The first-order valence-corrected chi connectivity index (χ1v) is 6.48. The number of methoxy groups -OCH3 is 1. The van der Waals surface area contributed by atoms with Gasteiger partial charge in [-0.15, -0.1) is 0 Å². The zero-order valence-electron chi connectivity index (χ0n) is 11.8. The van der Waals surface area contributed by atoms with Crippen molar-refractivity contribution in [3.63, 3.8) is 0 Å². The third-order valence-corrected chi connectivity index (χ3v) is 3.22. The first-order valence-electron chi connectivity index (χ1n) is 6.48. The van der Waals surface area contributed by atoms with Gasteiger partial charge in [0.2, 0.25) is 0 Å². The third-order valence-electron chi connectivity index (χ3n) is 3.22. The van der Waals surface area contributed by atoms with Crippen LogP contribution in [-0.4, -0.2) is 23.2 Å². The van der Waals surface area contributed by atoms with E-state index in [0.717, 1.165) is 11.3 Å². The lowest BCUT2D eigenvalue weighted by Crippen LogP contribution is -2.26. The summed E-state index contributed by atoms with van der Waals surface area (Å²) >= 11 is 0. The highest BCUT2D eigenvalue weighted by atomic mass is 16.5. The van der Waals surface area contributed by atoms with Crippen LogP contribution in [-0.2, 0) is 0 Å². The van der Waals surface area contributed by atoms with Crippen molar-refractivity contribution in [3.05, 3.63) is 53.6 Å². The van der Waals surface area contributed by atoms with Crippen molar-refractivity contribution in [2.24, 2.45) is 0 Å². The van der Waals surface area contributed by atoms with E-state index in [9.17, 15) is 15.0 Å². The number of phenols is 2. The molecule has 0 aliphatic carbocycles. The van der Waals surface area contributed by atoms with E-state index in [1.54, 1.807) is 7.11 Å². The molecule has 2 aromatic carbocycles. The third kappa shape index (κ3) is 3.25. The predicted molar refractivity (Wildman–Crippen MR) is 78.6 cm³/mol. The van der Waals surface area contributed by atoms with E-state index in [1.165, 1.54) is 18.2 Å². The molecule has 1 unspecified atom stereocenters. The fourth-order valence-corrected chi connectivity index (χ4v) is 1.96. The molecule has 0 aliphatic heterocycles. The Kier molecular flexibility index (Phi) is 4.33. The van der Waals surface area contributed by atoms with E-state index < -0.39 is 11.7 Å². The number of carbonyl (C=O) groups excluding carboxylic acids is 1. The molecular weight excluding hydrogens is 270 g/mol. The molecule has 110 valence electrons. The topological polar surface area (TPSA) is 78.8 Å². The molecule has 5 nitrogen and oxygen atoms in total. The molecule has 0 bridgehead atoms. The summed E-state index contributed by atoms with van der Waals surface area (Å²) in [6, 6.07) is 11.3. The lowest BCUT2D eigenvalue weighted by molar-refractivity contribution is 0.0936. The van der Waals surface area contributed by atoms with E-state index in [1.807, 2.05) is 31.2 Å². The second-order valence-electron chi connectivity index (χ2n) is 4.64. The fourth-order valence-electron chi connectivity index (χ4n) is 1.96. The Morgan fingerprint density at radius 2 is 1.81 bits per heavy atom. The van der Waals surface area contributed by atoms with Crippen LogP contribution < -0.4 is 10.1 Å². The van der Waals surface area contributed by atoms with Gasteiger partial charge in [0.1, 0.15) is 5.75 Å². The van der Waals surface area contributed by atoms with E-state index in [-0.39, 0.29) is 17.4 Å². The minimum Gasteiger partial charge on any atom is -0.504 e. The van der Waals surface area contributed by atoms with Crippen molar-refractivity contribution in [2.45, 2.75) is 13.0 Å². The summed E-state index contributed by atoms with van der Waals surface area (Å²) in [6.45, 7) is 1.83. The summed E-state index contributed by atoms with van der Waals surface area (Å²) in [6.07, 6.45) is 0. The first kappa shape index (κ1) is 14.7. The number of rotatable bonds is 4. The number of para-hydroxylation sites is 1. The Labute approximate surface area is 122 Å². The number of hydrogen-bond donors (Lipinski definition) is 3. The van der Waals surface area contributed by atoms with Crippen molar-refractivity contribution in [2.75, 3.05) is 7.11 Å². The van der Waals surface area contributed by atoms with Gasteiger partial charge in [-0.2, -0.15) is 0 Å². The predicted octanol–water partition coefficient (Wildman–Crippen LogP) is 2.60. The van der Waals surface area contributed by atoms with Gasteiger partial charge in [0.25, 0.3) is 5.91 Å². The van der Waals surface area contributed by atoms with Gasteiger partial charge in [0.15, 0.2) is 11.5 Å². The molecule has 0 heterocycles. The number of carbonyl (C=O) groups is 1. The number of hydrogen-bond acceptors (Lipinski definition) is 4. The quantitative estimate of drug-likeness (QED) is 0.755. The summed E-state index contributed by atoms with van der Waals surface area (Å²) in [4.78, 5) is 12.1. The molecule has 0 saturated heterocycles. The van der Waals surface area contributed by atoms with Gasteiger partial charge in [-0.3, -0.25) is 4.79 Å². The van der Waals surface area contributed by atoms with Crippen molar-refractivity contribution in [3.8, 4) is 17.2 Å². The second-order valence-corrected chi connectivity index (χ2v) is 4.64. The Hall–Kier alpha value is -2.69. The summed E-state index contributed by atoms with van der Waals surface area (Å²) < 4.78 is 5.08. The van der Waals surface area contributed by atoms with Crippen molar-refractivity contribution < 1.29 is 19.7 Å². The van der Waals surface area contributed by atoms with E-state index >= 15 is 0 Å². The molecule has 0 aliphatic rings. The van der Waals surface area contributed by atoms with Crippen LogP contribution in [0.1, 0.15) is 28.9 Å². The molecule has 21 heavy (non-hydrogen) atoms. The van der Waals surface area contributed by atoms with Gasteiger partial charge in [0.05, 0.1) is 18.7 Å². The molecule has 0 fully saturated rings. The SMILES string of the molecule is COc1ccc(C(C)NC(=O)c2cccc(O)c2O)cc1. The number of aromatic hydroxyl groups is 2. The maximum Gasteiger partial charge on any atom is 0.255 e. The molecule has 1 amide bonds. The van der Waals surface area contributed by atoms with Crippen LogP contribution in [0, 0.1) is 0 Å². The summed E-state index contributed by atoms with van der Waals surface area (Å²) in [5.41, 5.74) is 0.944. The van der Waals surface area contributed by atoms with E-state index in [4.69, 9.17) is 4.74 Å². The second kappa shape index (κ2) is 6.17. The van der Waals surface area contributed by atoms with Gasteiger partial charge in [0, 0.05) is 0 Å². The van der Waals surface area contributed by atoms with E-state index in [2.05, 4.69) is 5.32 Å². The monoisotopic (exact) mass is 287 g/mol. The fraction of sp³-hybridized carbons (Fsp3) is 0.188. The highest BCUT2D eigenvalue weighted by Gasteiger charge is 2.16. The van der Waals surface area contributed by atoms with Crippen molar-refractivity contribution in [1.82, 2.24) is 5.32 Å². The average molecular weight is 287 g/mol. The first-order chi connectivity index (χ1) is 10.0. The molecule has 0 radical (unpaired) electrons. The van der Waals surface area contributed by atoms with Crippen molar-refractivity contribution in [1.29, 1.82) is 0 Å². The van der Waals surface area contributed by atoms with Gasteiger partial charge in [-0.1, -0.05) is 18.2 Å². The number of phenolic OH excluding ortho intramolecular Hbond substituents is 2. The van der Waals surface area contributed by atoms with E-state index in [0.29, 0.717) is 0 Å². The molecule has 2 aromatic rings. The largest absolute Gasteiger partial charge is 0.504 e. The lowest BCUT2D eigenvalue weighted by atomic mass is 10.1. The minimum atomic E-state index is -0.452. The van der Waals surface area contributed by atoms with Crippen LogP contribution in [0.3, 0.4) is 0 Å². The molecule has 5 heteroatoms. The van der Waals surface area contributed by atoms with Crippen LogP contribution in [0.2, 0.25) is 0 Å². The highest BCUT2D eigenvalue weighted by molar-refractivity contribution is 5.97. The standard InChI is InChI=1S/C16H17NO4/c1-10(11-6-8-12(21-2)9-7-11)17-16(20)13-4-3-5-14(18)15(13)19/h3-10,18-19H,1-2H3,(H,17,20). The molecule has 2 rings (SSSR count). The summed E-state index contributed by atoms with van der Waals surface area (Å²) in [5, 5.41) is 21.9. The maximum atomic E-state index is 12.1. The molecule has 0 saturated carbocycles. The molecular formula is C16H17NO4. The Bertz CT molecular complexity index is 637. The number of benzene rings is 2. The Morgan fingerprint density at radius 1 is 1.14 bits per heavy atom. The smallest absolute Gasteiger partial charge is 0.255 e. The Balaban J connectivity index is 2.12. The molecule has 0 spiro atoms. The van der Waals surface area contributed by atoms with Gasteiger partial charge >= 0.3 is 0 Å². The van der Waals surface area contributed by atoms with Crippen LogP contribution >= 0.6 is 0 Å². The zero-order valence-corrected chi connectivity index (χ0v) is 11.8. The average Bonchev–Trinajstić information content (AvgIpc) is 2.50. The Morgan fingerprint density at radius 3 is 2.43 bits per heavy atom. The van der Waals surface area contributed by atoms with Crippen LogP contribution in [0.15, 0.2) is 42.5 Å².